The Hall–Kier alpha value is -1.40. The molecular formula is C12H17NO4S. The van der Waals surface area contributed by atoms with E-state index in [0.29, 0.717) is 16.8 Å². The molecule has 0 bridgehead atoms. The number of hydrogen-bond acceptors (Lipinski definition) is 3. The highest BCUT2D eigenvalue weighted by atomic mass is 32.2. The Labute approximate surface area is 107 Å². The minimum absolute atomic E-state index is 0.130. The van der Waals surface area contributed by atoms with Crippen molar-refractivity contribution in [1.82, 2.24) is 0 Å². The summed E-state index contributed by atoms with van der Waals surface area (Å²) in [7, 11) is -4.31. The number of carbonyl (C=O) groups is 1. The second-order valence-electron chi connectivity index (χ2n) is 4.36. The van der Waals surface area contributed by atoms with Crippen LogP contribution in [0.4, 0.5) is 5.69 Å². The maximum atomic E-state index is 11.4. The molecule has 0 unspecified atom stereocenters. The lowest BCUT2D eigenvalue weighted by Gasteiger charge is -2.18. The molecule has 0 saturated carbocycles. The number of carbonyl (C=O) groups excluding carboxylic acids is 1. The summed E-state index contributed by atoms with van der Waals surface area (Å²) in [5.41, 5.74) is 2.83. The van der Waals surface area contributed by atoms with Crippen LogP contribution in [0.5, 0.6) is 0 Å². The smallest absolute Gasteiger partial charge is 0.295 e. The zero-order valence-electron chi connectivity index (χ0n) is 11.1. The van der Waals surface area contributed by atoms with E-state index in [4.69, 9.17) is 0 Å². The van der Waals surface area contributed by atoms with Gasteiger partial charge in [0.1, 0.15) is 4.90 Å². The van der Waals surface area contributed by atoms with E-state index in [1.54, 1.807) is 27.7 Å². The van der Waals surface area contributed by atoms with Gasteiger partial charge in [-0.05, 0) is 49.9 Å². The van der Waals surface area contributed by atoms with Gasteiger partial charge in [-0.1, -0.05) is 0 Å². The van der Waals surface area contributed by atoms with Gasteiger partial charge in [0, 0.05) is 12.6 Å². The van der Waals surface area contributed by atoms with Crippen molar-refractivity contribution in [2.45, 2.75) is 39.5 Å². The molecule has 0 aromatic heterocycles. The van der Waals surface area contributed by atoms with Gasteiger partial charge in [-0.2, -0.15) is 8.42 Å². The van der Waals surface area contributed by atoms with Gasteiger partial charge in [-0.25, -0.2) is 0 Å². The van der Waals surface area contributed by atoms with Crippen LogP contribution in [0.2, 0.25) is 0 Å². The van der Waals surface area contributed by atoms with Gasteiger partial charge in [0.15, 0.2) is 0 Å². The lowest BCUT2D eigenvalue weighted by molar-refractivity contribution is -0.114. The van der Waals surface area contributed by atoms with Crippen LogP contribution in [0.1, 0.15) is 29.2 Å². The normalized spacial score (nSPS) is 11.4. The second-order valence-corrected chi connectivity index (χ2v) is 5.72. The Balaban J connectivity index is 3.76. The van der Waals surface area contributed by atoms with Crippen molar-refractivity contribution < 1.29 is 17.8 Å². The lowest BCUT2D eigenvalue weighted by atomic mass is 9.98. The van der Waals surface area contributed by atoms with Gasteiger partial charge in [-0.15, -0.1) is 0 Å². The second kappa shape index (κ2) is 4.70. The Morgan fingerprint density at radius 2 is 1.50 bits per heavy atom. The topological polar surface area (TPSA) is 83.5 Å². The first kappa shape index (κ1) is 14.7. The average molecular weight is 271 g/mol. The number of nitrogens with one attached hydrogen (secondary N) is 1. The predicted molar refractivity (Wildman–Crippen MR) is 69.5 cm³/mol. The highest BCUT2D eigenvalue weighted by Gasteiger charge is 2.23. The fraction of sp³-hybridized carbons (Fsp3) is 0.417. The van der Waals surface area contributed by atoms with Gasteiger partial charge in [0.2, 0.25) is 5.91 Å². The third-order valence-electron chi connectivity index (χ3n) is 3.12. The van der Waals surface area contributed by atoms with Gasteiger partial charge in [0.05, 0.1) is 0 Å². The van der Waals surface area contributed by atoms with Crippen LogP contribution in [0.15, 0.2) is 4.90 Å². The summed E-state index contributed by atoms with van der Waals surface area (Å²) >= 11 is 0. The first-order chi connectivity index (χ1) is 8.07. The van der Waals surface area contributed by atoms with E-state index in [0.717, 1.165) is 11.1 Å². The minimum Gasteiger partial charge on any atom is -0.326 e. The van der Waals surface area contributed by atoms with Crippen molar-refractivity contribution in [3.8, 4) is 0 Å². The molecule has 0 atom stereocenters. The van der Waals surface area contributed by atoms with E-state index in [1.807, 2.05) is 0 Å². The molecule has 0 fully saturated rings. The van der Waals surface area contributed by atoms with E-state index >= 15 is 0 Å². The quantitative estimate of drug-likeness (QED) is 0.807. The highest BCUT2D eigenvalue weighted by Crippen LogP contribution is 2.33. The standard InChI is InChI=1S/C12H17NO4S/c1-6-7(2)11(13-10(5)14)9(4)12(8(6)3)18(15,16)17/h1-5H3,(H,13,14)(H,15,16,17). The Morgan fingerprint density at radius 1 is 1.00 bits per heavy atom. The lowest BCUT2D eigenvalue weighted by Crippen LogP contribution is -2.14. The van der Waals surface area contributed by atoms with Crippen LogP contribution in [0, 0.1) is 27.7 Å². The van der Waals surface area contributed by atoms with E-state index in [1.165, 1.54) is 6.92 Å². The van der Waals surface area contributed by atoms with Crippen LogP contribution >= 0.6 is 0 Å². The van der Waals surface area contributed by atoms with E-state index in [2.05, 4.69) is 5.32 Å². The molecule has 0 aliphatic carbocycles. The van der Waals surface area contributed by atoms with Gasteiger partial charge in [-0.3, -0.25) is 9.35 Å². The maximum Gasteiger partial charge on any atom is 0.295 e. The van der Waals surface area contributed by atoms with Crippen LogP contribution in [-0.4, -0.2) is 18.9 Å². The van der Waals surface area contributed by atoms with Crippen molar-refractivity contribution in [2.75, 3.05) is 5.32 Å². The molecule has 0 spiro atoms. The fourth-order valence-corrected chi connectivity index (χ4v) is 3.09. The summed E-state index contributed by atoms with van der Waals surface area (Å²) in [6.45, 7) is 8.10. The molecule has 1 aromatic rings. The van der Waals surface area contributed by atoms with E-state index in [9.17, 15) is 17.8 Å². The molecular weight excluding hydrogens is 254 g/mol. The first-order valence-electron chi connectivity index (χ1n) is 5.42. The highest BCUT2D eigenvalue weighted by molar-refractivity contribution is 7.86. The number of benzene rings is 1. The Kier molecular flexibility index (Phi) is 3.83. The fourth-order valence-electron chi connectivity index (χ4n) is 2.07. The summed E-state index contributed by atoms with van der Waals surface area (Å²) in [5.74, 6) is -0.286. The van der Waals surface area contributed by atoms with E-state index < -0.39 is 10.1 Å². The van der Waals surface area contributed by atoms with Crippen LogP contribution < -0.4 is 5.32 Å². The van der Waals surface area contributed by atoms with Crippen molar-refractivity contribution in [3.63, 3.8) is 0 Å². The molecule has 0 saturated heterocycles. The van der Waals surface area contributed by atoms with Gasteiger partial charge in [0.25, 0.3) is 10.1 Å². The molecule has 5 nitrogen and oxygen atoms in total. The molecule has 1 amide bonds. The molecule has 18 heavy (non-hydrogen) atoms. The third-order valence-corrected chi connectivity index (χ3v) is 4.24. The zero-order chi connectivity index (χ0) is 14.2. The molecule has 0 heterocycles. The minimum atomic E-state index is -4.31. The number of hydrogen-bond donors (Lipinski definition) is 2. The van der Waals surface area contributed by atoms with Gasteiger partial charge >= 0.3 is 0 Å². The van der Waals surface area contributed by atoms with Crippen molar-refractivity contribution >= 4 is 21.7 Å². The third kappa shape index (κ3) is 2.54. The summed E-state index contributed by atoms with van der Waals surface area (Å²) in [5, 5.41) is 2.61. The molecule has 1 aromatic carbocycles. The molecule has 0 aliphatic rings. The van der Waals surface area contributed by atoms with Crippen LogP contribution in [0.25, 0.3) is 0 Å². The number of amides is 1. The monoisotopic (exact) mass is 271 g/mol. The first-order valence-corrected chi connectivity index (χ1v) is 6.86. The number of rotatable bonds is 2. The summed E-state index contributed by atoms with van der Waals surface area (Å²) in [4.78, 5) is 11.0. The molecule has 0 radical (unpaired) electrons. The van der Waals surface area contributed by atoms with Crippen molar-refractivity contribution in [1.29, 1.82) is 0 Å². The summed E-state index contributed by atoms with van der Waals surface area (Å²) in [6, 6.07) is 0. The molecule has 100 valence electrons. The average Bonchev–Trinajstić information content (AvgIpc) is 2.19. The summed E-state index contributed by atoms with van der Waals surface area (Å²) in [6.07, 6.45) is 0. The Morgan fingerprint density at radius 3 is 1.89 bits per heavy atom. The van der Waals surface area contributed by atoms with Crippen LogP contribution in [0.3, 0.4) is 0 Å². The van der Waals surface area contributed by atoms with E-state index in [-0.39, 0.29) is 10.8 Å². The largest absolute Gasteiger partial charge is 0.326 e. The Bertz CT molecular complexity index is 618. The summed E-state index contributed by atoms with van der Waals surface area (Å²) < 4.78 is 32.1. The maximum absolute atomic E-state index is 11.4. The van der Waals surface area contributed by atoms with Gasteiger partial charge < -0.3 is 5.32 Å². The molecule has 6 heteroatoms. The molecule has 0 aliphatic heterocycles. The van der Waals surface area contributed by atoms with Crippen molar-refractivity contribution in [3.05, 3.63) is 22.3 Å². The van der Waals surface area contributed by atoms with Crippen molar-refractivity contribution in [2.24, 2.45) is 0 Å². The SMILES string of the molecule is CC(=O)Nc1c(C)c(C)c(C)c(S(=O)(=O)O)c1C. The molecule has 1 rings (SSSR count). The molecule has 2 N–H and O–H groups in total. The predicted octanol–water partition coefficient (Wildman–Crippen LogP) is 2.13. The zero-order valence-corrected chi connectivity index (χ0v) is 11.9. The van der Waals surface area contributed by atoms with Crippen LogP contribution in [-0.2, 0) is 14.9 Å². The number of anilines is 1.